The summed E-state index contributed by atoms with van der Waals surface area (Å²) in [5, 5.41) is 3.43. The first-order valence-electron chi connectivity index (χ1n) is 7.07. The number of ether oxygens (including phenoxy) is 2. The van der Waals surface area contributed by atoms with Gasteiger partial charge in [-0.1, -0.05) is 19.9 Å². The molecule has 2 rings (SSSR count). The molecule has 1 heterocycles. The van der Waals surface area contributed by atoms with E-state index in [2.05, 4.69) is 30.2 Å². The van der Waals surface area contributed by atoms with Gasteiger partial charge in [-0.15, -0.1) is 11.3 Å². The Morgan fingerprint density at radius 2 is 2.14 bits per heavy atom. The number of aromatic nitrogens is 1. The molecule has 0 unspecified atom stereocenters. The lowest BCUT2D eigenvalue weighted by molar-refractivity contribution is 0.286. The molecule has 0 fully saturated rings. The largest absolute Gasteiger partial charge is 0.493 e. The SMILES string of the molecule is COc1ccc(CNCC(C)C)cc1OCc1cncs1. The maximum absolute atomic E-state index is 5.86. The van der Waals surface area contributed by atoms with Crippen molar-refractivity contribution in [2.24, 2.45) is 5.92 Å². The molecule has 1 N–H and O–H groups in total. The molecule has 0 aliphatic heterocycles. The average molecular weight is 306 g/mol. The van der Waals surface area contributed by atoms with Gasteiger partial charge < -0.3 is 14.8 Å². The van der Waals surface area contributed by atoms with E-state index in [1.807, 2.05) is 23.8 Å². The maximum Gasteiger partial charge on any atom is 0.162 e. The van der Waals surface area contributed by atoms with Crippen LogP contribution in [-0.4, -0.2) is 18.6 Å². The smallest absolute Gasteiger partial charge is 0.162 e. The van der Waals surface area contributed by atoms with E-state index < -0.39 is 0 Å². The van der Waals surface area contributed by atoms with E-state index in [9.17, 15) is 0 Å². The van der Waals surface area contributed by atoms with E-state index >= 15 is 0 Å². The Bertz CT molecular complexity index is 541. The number of rotatable bonds is 8. The summed E-state index contributed by atoms with van der Waals surface area (Å²) >= 11 is 1.59. The van der Waals surface area contributed by atoms with Gasteiger partial charge in [-0.3, -0.25) is 4.98 Å². The second kappa shape index (κ2) is 8.00. The van der Waals surface area contributed by atoms with Gasteiger partial charge >= 0.3 is 0 Å². The lowest BCUT2D eigenvalue weighted by Gasteiger charge is -2.13. The number of methoxy groups -OCH3 is 1. The zero-order chi connectivity index (χ0) is 15.1. The van der Waals surface area contributed by atoms with Crippen LogP contribution in [0.25, 0.3) is 0 Å². The Morgan fingerprint density at radius 1 is 1.29 bits per heavy atom. The predicted molar refractivity (Wildman–Crippen MR) is 86.0 cm³/mol. The molecule has 0 atom stereocenters. The van der Waals surface area contributed by atoms with E-state index in [0.717, 1.165) is 29.5 Å². The first-order valence-corrected chi connectivity index (χ1v) is 7.94. The normalized spacial score (nSPS) is 10.9. The van der Waals surface area contributed by atoms with Gasteiger partial charge in [-0.2, -0.15) is 0 Å². The lowest BCUT2D eigenvalue weighted by atomic mass is 10.2. The van der Waals surface area contributed by atoms with Gasteiger partial charge in [0.15, 0.2) is 11.5 Å². The predicted octanol–water partition coefficient (Wildman–Crippen LogP) is 3.48. The number of thiazole rings is 1. The van der Waals surface area contributed by atoms with Gasteiger partial charge in [0, 0.05) is 12.7 Å². The van der Waals surface area contributed by atoms with Crippen LogP contribution in [0, 0.1) is 5.92 Å². The van der Waals surface area contributed by atoms with Crippen LogP contribution >= 0.6 is 11.3 Å². The Balaban J connectivity index is 1.99. The first-order chi connectivity index (χ1) is 10.2. The van der Waals surface area contributed by atoms with Gasteiger partial charge in [0.1, 0.15) is 6.61 Å². The van der Waals surface area contributed by atoms with E-state index in [4.69, 9.17) is 9.47 Å². The molecule has 1 aromatic heterocycles. The molecule has 0 saturated carbocycles. The summed E-state index contributed by atoms with van der Waals surface area (Å²) in [6.45, 7) is 6.75. The van der Waals surface area contributed by atoms with Crippen LogP contribution in [0.2, 0.25) is 0 Å². The summed E-state index contributed by atoms with van der Waals surface area (Å²) in [4.78, 5) is 5.15. The Labute approximate surface area is 130 Å². The molecule has 0 aliphatic rings. The molecule has 114 valence electrons. The quantitative estimate of drug-likeness (QED) is 0.811. The third kappa shape index (κ3) is 5.02. The zero-order valence-electron chi connectivity index (χ0n) is 12.8. The highest BCUT2D eigenvalue weighted by Crippen LogP contribution is 2.29. The number of benzene rings is 1. The highest BCUT2D eigenvalue weighted by Gasteiger charge is 2.07. The molecule has 5 heteroatoms. The van der Waals surface area contributed by atoms with Crippen LogP contribution in [0.1, 0.15) is 24.3 Å². The van der Waals surface area contributed by atoms with Crippen LogP contribution in [0.4, 0.5) is 0 Å². The highest BCUT2D eigenvalue weighted by molar-refractivity contribution is 7.09. The summed E-state index contributed by atoms with van der Waals surface area (Å²) in [6.07, 6.45) is 1.82. The van der Waals surface area contributed by atoms with Crippen LogP contribution in [0.3, 0.4) is 0 Å². The molecule has 4 nitrogen and oxygen atoms in total. The van der Waals surface area contributed by atoms with Crippen molar-refractivity contribution in [3.8, 4) is 11.5 Å². The number of hydrogen-bond acceptors (Lipinski definition) is 5. The Hall–Kier alpha value is -1.59. The van der Waals surface area contributed by atoms with E-state index in [0.29, 0.717) is 12.5 Å². The third-order valence-electron chi connectivity index (χ3n) is 2.96. The van der Waals surface area contributed by atoms with Crippen molar-refractivity contribution in [3.05, 3.63) is 40.3 Å². The van der Waals surface area contributed by atoms with Gasteiger partial charge in [-0.25, -0.2) is 0 Å². The minimum Gasteiger partial charge on any atom is -0.493 e. The lowest BCUT2D eigenvalue weighted by Crippen LogP contribution is -2.18. The molecular formula is C16H22N2O2S. The van der Waals surface area contributed by atoms with Gasteiger partial charge in [-0.05, 0) is 30.2 Å². The zero-order valence-corrected chi connectivity index (χ0v) is 13.6. The summed E-state index contributed by atoms with van der Waals surface area (Å²) in [5.41, 5.74) is 3.00. The summed E-state index contributed by atoms with van der Waals surface area (Å²) < 4.78 is 11.2. The topological polar surface area (TPSA) is 43.4 Å². The van der Waals surface area contributed by atoms with Crippen molar-refractivity contribution < 1.29 is 9.47 Å². The fourth-order valence-corrected chi connectivity index (χ4v) is 2.42. The van der Waals surface area contributed by atoms with Crippen molar-refractivity contribution in [2.45, 2.75) is 27.0 Å². The van der Waals surface area contributed by atoms with Crippen LogP contribution in [0.15, 0.2) is 29.9 Å². The van der Waals surface area contributed by atoms with Crippen molar-refractivity contribution >= 4 is 11.3 Å². The summed E-state index contributed by atoms with van der Waals surface area (Å²) in [6, 6.07) is 6.05. The van der Waals surface area contributed by atoms with Crippen molar-refractivity contribution in [2.75, 3.05) is 13.7 Å². The molecule has 0 bridgehead atoms. The molecule has 2 aromatic rings. The molecule has 0 amide bonds. The second-order valence-electron chi connectivity index (χ2n) is 5.27. The fraction of sp³-hybridized carbons (Fsp3) is 0.438. The fourth-order valence-electron chi connectivity index (χ4n) is 1.91. The standard InChI is InChI=1S/C16H22N2O2S/c1-12(2)7-17-8-13-4-5-15(19-3)16(6-13)20-10-14-9-18-11-21-14/h4-6,9,11-12,17H,7-8,10H2,1-3H3. The molecule has 21 heavy (non-hydrogen) atoms. The van der Waals surface area contributed by atoms with E-state index in [1.54, 1.807) is 18.4 Å². The van der Waals surface area contributed by atoms with Crippen LogP contribution < -0.4 is 14.8 Å². The average Bonchev–Trinajstić information content (AvgIpc) is 2.98. The highest BCUT2D eigenvalue weighted by atomic mass is 32.1. The number of nitrogens with zero attached hydrogens (tertiary/aromatic N) is 1. The summed E-state index contributed by atoms with van der Waals surface area (Å²) in [5.74, 6) is 2.17. The second-order valence-corrected chi connectivity index (χ2v) is 6.24. The van der Waals surface area contributed by atoms with Crippen molar-refractivity contribution in [3.63, 3.8) is 0 Å². The number of nitrogens with one attached hydrogen (secondary N) is 1. The molecule has 0 spiro atoms. The maximum atomic E-state index is 5.86. The molecule has 0 radical (unpaired) electrons. The van der Waals surface area contributed by atoms with Crippen molar-refractivity contribution in [1.29, 1.82) is 0 Å². The molecular weight excluding hydrogens is 284 g/mol. The van der Waals surface area contributed by atoms with Gasteiger partial charge in [0.05, 0.1) is 17.5 Å². The minimum absolute atomic E-state index is 0.518. The Kier molecular flexibility index (Phi) is 6.02. The molecule has 0 aliphatic carbocycles. The van der Waals surface area contributed by atoms with Gasteiger partial charge in [0.25, 0.3) is 0 Å². The Morgan fingerprint density at radius 3 is 2.81 bits per heavy atom. The molecule has 0 saturated heterocycles. The van der Waals surface area contributed by atoms with Crippen molar-refractivity contribution in [1.82, 2.24) is 10.3 Å². The van der Waals surface area contributed by atoms with E-state index in [1.165, 1.54) is 5.56 Å². The summed E-state index contributed by atoms with van der Waals surface area (Å²) in [7, 11) is 1.66. The molecule has 1 aromatic carbocycles. The van der Waals surface area contributed by atoms with E-state index in [-0.39, 0.29) is 0 Å². The number of hydrogen-bond donors (Lipinski definition) is 1. The third-order valence-corrected chi connectivity index (χ3v) is 3.72. The first kappa shape index (κ1) is 15.8. The van der Waals surface area contributed by atoms with Crippen LogP contribution in [-0.2, 0) is 13.2 Å². The monoisotopic (exact) mass is 306 g/mol. The van der Waals surface area contributed by atoms with Gasteiger partial charge in [0.2, 0.25) is 0 Å². The minimum atomic E-state index is 0.518. The van der Waals surface area contributed by atoms with Crippen LogP contribution in [0.5, 0.6) is 11.5 Å².